The third-order valence-electron chi connectivity index (χ3n) is 5.23. The highest BCUT2D eigenvalue weighted by molar-refractivity contribution is 6.05. The summed E-state index contributed by atoms with van der Waals surface area (Å²) < 4.78 is 3.70. The van der Waals surface area contributed by atoms with E-state index in [0.717, 1.165) is 10.9 Å². The third kappa shape index (κ3) is 4.32. The summed E-state index contributed by atoms with van der Waals surface area (Å²) >= 11 is 0. The molecule has 4 aromatic rings. The van der Waals surface area contributed by atoms with E-state index in [1.54, 1.807) is 41.6 Å². The predicted octanol–water partition coefficient (Wildman–Crippen LogP) is 3.34. The third-order valence-corrected chi connectivity index (χ3v) is 5.23. The Bertz CT molecular complexity index is 1190. The highest BCUT2D eigenvalue weighted by Crippen LogP contribution is 2.21. The SMILES string of the molecule is CCN(CC)C(=O)Cn1ccc2cc(NC(=O)c3ccc(-n4ccnc4)nc3)ccc21. The highest BCUT2D eigenvalue weighted by Gasteiger charge is 2.13. The van der Waals surface area contributed by atoms with Gasteiger partial charge in [-0.3, -0.25) is 14.2 Å². The average Bonchev–Trinajstić information content (AvgIpc) is 3.45. The van der Waals surface area contributed by atoms with Crippen LogP contribution in [0.1, 0.15) is 24.2 Å². The van der Waals surface area contributed by atoms with Crippen LogP contribution in [0.3, 0.4) is 0 Å². The van der Waals surface area contributed by atoms with Gasteiger partial charge >= 0.3 is 0 Å². The van der Waals surface area contributed by atoms with E-state index in [1.165, 1.54) is 0 Å². The number of rotatable bonds is 7. The molecule has 158 valence electrons. The molecule has 0 bridgehead atoms. The summed E-state index contributed by atoms with van der Waals surface area (Å²) in [5, 5.41) is 3.87. The Kier molecular flexibility index (Phi) is 5.79. The van der Waals surface area contributed by atoms with Gasteiger partial charge in [0.2, 0.25) is 5.91 Å². The average molecular weight is 416 g/mol. The van der Waals surface area contributed by atoms with Gasteiger partial charge in [0.05, 0.1) is 5.56 Å². The van der Waals surface area contributed by atoms with Crippen LogP contribution >= 0.6 is 0 Å². The second-order valence-corrected chi connectivity index (χ2v) is 7.11. The molecule has 1 aromatic carbocycles. The lowest BCUT2D eigenvalue weighted by molar-refractivity contribution is -0.131. The topological polar surface area (TPSA) is 85.0 Å². The Morgan fingerprint density at radius 2 is 1.90 bits per heavy atom. The quantitative estimate of drug-likeness (QED) is 0.501. The van der Waals surface area contributed by atoms with Crippen LogP contribution in [0.25, 0.3) is 16.7 Å². The van der Waals surface area contributed by atoms with E-state index < -0.39 is 0 Å². The molecule has 0 aliphatic rings. The lowest BCUT2D eigenvalue weighted by atomic mass is 10.2. The van der Waals surface area contributed by atoms with Crippen LogP contribution in [0.2, 0.25) is 0 Å². The molecule has 8 nitrogen and oxygen atoms in total. The fraction of sp³-hybridized carbons (Fsp3) is 0.217. The van der Waals surface area contributed by atoms with Gasteiger partial charge in [-0.05, 0) is 50.2 Å². The van der Waals surface area contributed by atoms with Crippen molar-refractivity contribution in [3.05, 3.63) is 73.1 Å². The molecule has 4 rings (SSSR count). The molecule has 1 N–H and O–H groups in total. The zero-order valence-corrected chi connectivity index (χ0v) is 17.5. The normalized spacial score (nSPS) is 10.9. The largest absolute Gasteiger partial charge is 0.342 e. The van der Waals surface area contributed by atoms with Crippen LogP contribution in [-0.4, -0.2) is 48.9 Å². The van der Waals surface area contributed by atoms with Gasteiger partial charge in [0.1, 0.15) is 18.7 Å². The number of carbonyl (C=O) groups excluding carboxylic acids is 2. The first-order valence-electron chi connectivity index (χ1n) is 10.2. The minimum absolute atomic E-state index is 0.0894. The molecule has 0 radical (unpaired) electrons. The Morgan fingerprint density at radius 3 is 2.58 bits per heavy atom. The molecule has 0 saturated heterocycles. The van der Waals surface area contributed by atoms with Crippen LogP contribution in [0.15, 0.2) is 67.5 Å². The van der Waals surface area contributed by atoms with E-state index in [2.05, 4.69) is 15.3 Å². The van der Waals surface area contributed by atoms with Crippen molar-refractivity contribution in [2.24, 2.45) is 0 Å². The second-order valence-electron chi connectivity index (χ2n) is 7.11. The first kappa shape index (κ1) is 20.3. The number of anilines is 1. The molecule has 2 amide bonds. The van der Waals surface area contributed by atoms with E-state index in [1.807, 2.05) is 53.8 Å². The van der Waals surface area contributed by atoms with Crippen LogP contribution < -0.4 is 5.32 Å². The fourth-order valence-electron chi connectivity index (χ4n) is 3.51. The highest BCUT2D eigenvalue weighted by atomic mass is 16.2. The van der Waals surface area contributed by atoms with E-state index in [-0.39, 0.29) is 11.8 Å². The van der Waals surface area contributed by atoms with E-state index in [9.17, 15) is 9.59 Å². The molecule has 0 saturated carbocycles. The molecule has 0 spiro atoms. The summed E-state index contributed by atoms with van der Waals surface area (Å²) in [6.07, 6.45) is 8.55. The number of nitrogens with zero attached hydrogens (tertiary/aromatic N) is 5. The van der Waals surface area contributed by atoms with Crippen molar-refractivity contribution in [3.8, 4) is 5.82 Å². The summed E-state index contributed by atoms with van der Waals surface area (Å²) in [6.45, 7) is 5.65. The molecule has 0 atom stereocenters. The summed E-state index contributed by atoms with van der Waals surface area (Å²) in [6, 6.07) is 11.1. The number of pyridine rings is 1. The molecule has 3 heterocycles. The molecule has 0 aliphatic heterocycles. The maximum Gasteiger partial charge on any atom is 0.257 e. The van der Waals surface area contributed by atoms with Crippen molar-refractivity contribution in [1.29, 1.82) is 0 Å². The second kappa shape index (κ2) is 8.83. The number of imidazole rings is 1. The molecular formula is C23H24N6O2. The zero-order valence-electron chi connectivity index (χ0n) is 17.5. The zero-order chi connectivity index (χ0) is 21.8. The van der Waals surface area contributed by atoms with Gasteiger partial charge in [-0.2, -0.15) is 0 Å². The number of hydrogen-bond acceptors (Lipinski definition) is 4. The summed E-state index contributed by atoms with van der Waals surface area (Å²) in [5.41, 5.74) is 2.10. The summed E-state index contributed by atoms with van der Waals surface area (Å²) in [7, 11) is 0. The number of fused-ring (bicyclic) bond motifs is 1. The Balaban J connectivity index is 1.46. The van der Waals surface area contributed by atoms with Crippen LogP contribution in [-0.2, 0) is 11.3 Å². The molecule has 31 heavy (non-hydrogen) atoms. The number of carbonyl (C=O) groups is 2. The van der Waals surface area contributed by atoms with Crippen molar-refractivity contribution >= 4 is 28.4 Å². The van der Waals surface area contributed by atoms with Crippen LogP contribution in [0.5, 0.6) is 0 Å². The van der Waals surface area contributed by atoms with E-state index in [4.69, 9.17) is 0 Å². The van der Waals surface area contributed by atoms with E-state index in [0.29, 0.717) is 36.7 Å². The van der Waals surface area contributed by atoms with Gasteiger partial charge in [0.15, 0.2) is 0 Å². The maximum atomic E-state index is 12.6. The lowest BCUT2D eigenvalue weighted by Gasteiger charge is -2.19. The molecule has 8 heteroatoms. The van der Waals surface area contributed by atoms with Gasteiger partial charge in [-0.15, -0.1) is 0 Å². The minimum atomic E-state index is -0.236. The number of likely N-dealkylation sites (N-methyl/N-ethyl adjacent to an activating group) is 1. The molecule has 3 aromatic heterocycles. The number of amides is 2. The Hall–Kier alpha value is -3.94. The first-order chi connectivity index (χ1) is 15.1. The molecule has 0 unspecified atom stereocenters. The number of nitrogens with one attached hydrogen (secondary N) is 1. The summed E-state index contributed by atoms with van der Waals surface area (Å²) in [5.74, 6) is 0.544. The number of aromatic nitrogens is 4. The lowest BCUT2D eigenvalue weighted by Crippen LogP contribution is -2.33. The monoisotopic (exact) mass is 416 g/mol. The fourth-order valence-corrected chi connectivity index (χ4v) is 3.51. The minimum Gasteiger partial charge on any atom is -0.342 e. The number of benzene rings is 1. The predicted molar refractivity (Wildman–Crippen MR) is 119 cm³/mol. The van der Waals surface area contributed by atoms with Gasteiger partial charge in [-0.25, -0.2) is 9.97 Å². The van der Waals surface area contributed by atoms with Gasteiger partial charge in [0, 0.05) is 54.5 Å². The van der Waals surface area contributed by atoms with Crippen LogP contribution in [0.4, 0.5) is 5.69 Å². The first-order valence-corrected chi connectivity index (χ1v) is 10.2. The molecule has 0 aliphatic carbocycles. The van der Waals surface area contributed by atoms with Crippen molar-refractivity contribution in [2.45, 2.75) is 20.4 Å². The molecule has 0 fully saturated rings. The van der Waals surface area contributed by atoms with Crippen molar-refractivity contribution in [3.63, 3.8) is 0 Å². The standard InChI is InChI=1S/C23H24N6O2/c1-3-27(4-2)22(30)15-28-11-9-17-13-19(6-7-20(17)28)26-23(31)18-5-8-21(25-14-18)29-12-10-24-16-29/h5-14,16H,3-4,15H2,1-2H3,(H,26,31). The van der Waals surface area contributed by atoms with Crippen molar-refractivity contribution in [2.75, 3.05) is 18.4 Å². The molecular weight excluding hydrogens is 392 g/mol. The maximum absolute atomic E-state index is 12.6. The van der Waals surface area contributed by atoms with Crippen molar-refractivity contribution in [1.82, 2.24) is 24.0 Å². The van der Waals surface area contributed by atoms with Crippen LogP contribution in [0, 0.1) is 0 Å². The Labute approximate surface area is 180 Å². The van der Waals surface area contributed by atoms with Gasteiger partial charge < -0.3 is 14.8 Å². The van der Waals surface area contributed by atoms with Gasteiger partial charge in [-0.1, -0.05) is 0 Å². The summed E-state index contributed by atoms with van der Waals surface area (Å²) in [4.78, 5) is 35.2. The van der Waals surface area contributed by atoms with Crippen molar-refractivity contribution < 1.29 is 9.59 Å². The Morgan fingerprint density at radius 1 is 1.06 bits per heavy atom. The van der Waals surface area contributed by atoms with E-state index >= 15 is 0 Å². The smallest absolute Gasteiger partial charge is 0.257 e. The number of hydrogen-bond donors (Lipinski definition) is 1. The van der Waals surface area contributed by atoms with Gasteiger partial charge in [0.25, 0.3) is 5.91 Å².